The number of hydrogen-bond acceptors (Lipinski definition) is 4. The molecule has 25 heavy (non-hydrogen) atoms. The largest absolute Gasteiger partial charge is 0.465 e. The van der Waals surface area contributed by atoms with Crippen molar-refractivity contribution in [2.75, 3.05) is 6.54 Å². The molecule has 1 unspecified atom stereocenters. The third-order valence-electron chi connectivity index (χ3n) is 4.20. The van der Waals surface area contributed by atoms with E-state index in [1.165, 1.54) is 4.90 Å². The number of fused-ring (bicyclic) bond motifs is 1. The second kappa shape index (κ2) is 6.42. The molecule has 2 aromatic rings. The minimum absolute atomic E-state index is 0.279. The van der Waals surface area contributed by atoms with Gasteiger partial charge in [0.05, 0.1) is 11.7 Å². The first-order valence-electron chi connectivity index (χ1n) is 7.86. The summed E-state index contributed by atoms with van der Waals surface area (Å²) >= 11 is 12.3. The zero-order chi connectivity index (χ0) is 18.4. The number of amides is 1. The van der Waals surface area contributed by atoms with Gasteiger partial charge in [0.2, 0.25) is 0 Å². The summed E-state index contributed by atoms with van der Waals surface area (Å²) in [4.78, 5) is 26.2. The Labute approximate surface area is 155 Å². The average Bonchev–Trinajstić information content (AvgIpc) is 2.53. The predicted molar refractivity (Wildman–Crippen MR) is 95.9 cm³/mol. The van der Waals surface area contributed by atoms with E-state index in [1.54, 1.807) is 18.3 Å². The van der Waals surface area contributed by atoms with Gasteiger partial charge in [-0.25, -0.2) is 19.7 Å². The van der Waals surface area contributed by atoms with Crippen LogP contribution in [0.2, 0.25) is 10.3 Å². The third kappa shape index (κ3) is 3.41. The molecule has 1 amide bonds. The molecule has 0 aliphatic carbocycles. The van der Waals surface area contributed by atoms with Crippen molar-refractivity contribution in [3.8, 4) is 11.4 Å². The number of hydrogen-bond donors (Lipinski definition) is 1. The molecule has 3 heterocycles. The molecule has 0 bridgehead atoms. The highest BCUT2D eigenvalue weighted by Gasteiger charge is 2.41. The fourth-order valence-electron chi connectivity index (χ4n) is 3.20. The zero-order valence-electron chi connectivity index (χ0n) is 14.1. The van der Waals surface area contributed by atoms with Crippen LogP contribution < -0.4 is 0 Å². The number of halogens is 2. The van der Waals surface area contributed by atoms with Crippen LogP contribution in [-0.4, -0.2) is 37.6 Å². The highest BCUT2D eigenvalue weighted by Crippen LogP contribution is 2.44. The van der Waals surface area contributed by atoms with Gasteiger partial charge in [-0.15, -0.1) is 0 Å². The lowest BCUT2D eigenvalue weighted by molar-refractivity contribution is 0.0750. The van der Waals surface area contributed by atoms with E-state index in [2.05, 4.69) is 15.0 Å². The number of nitrogens with zero attached hydrogens (tertiary/aromatic N) is 4. The summed E-state index contributed by atoms with van der Waals surface area (Å²) in [5, 5.41) is 10.2. The Morgan fingerprint density at radius 2 is 2.00 bits per heavy atom. The molecule has 0 saturated carbocycles. The summed E-state index contributed by atoms with van der Waals surface area (Å²) in [5.74, 6) is 0.462. The number of aromatic nitrogens is 3. The fourth-order valence-corrected chi connectivity index (χ4v) is 3.61. The zero-order valence-corrected chi connectivity index (χ0v) is 15.6. The Balaban J connectivity index is 2.13. The van der Waals surface area contributed by atoms with Crippen LogP contribution in [0.4, 0.5) is 4.79 Å². The minimum Gasteiger partial charge on any atom is -0.465 e. The Hall–Kier alpha value is -1.92. The van der Waals surface area contributed by atoms with Gasteiger partial charge >= 0.3 is 6.09 Å². The van der Waals surface area contributed by atoms with E-state index < -0.39 is 12.1 Å². The molecule has 0 spiro atoms. The van der Waals surface area contributed by atoms with Crippen molar-refractivity contribution in [1.82, 2.24) is 19.9 Å². The van der Waals surface area contributed by atoms with Crippen LogP contribution in [-0.2, 0) is 6.42 Å². The average molecular weight is 381 g/mol. The molecule has 2 aromatic heterocycles. The van der Waals surface area contributed by atoms with Crippen LogP contribution in [0.1, 0.15) is 38.1 Å². The molecule has 0 radical (unpaired) electrons. The van der Waals surface area contributed by atoms with Gasteiger partial charge in [0.25, 0.3) is 0 Å². The van der Waals surface area contributed by atoms with E-state index in [0.717, 1.165) is 5.69 Å². The van der Waals surface area contributed by atoms with Crippen LogP contribution in [0.5, 0.6) is 0 Å². The smallest absolute Gasteiger partial charge is 0.407 e. The van der Waals surface area contributed by atoms with E-state index >= 15 is 0 Å². The highest BCUT2D eigenvalue weighted by atomic mass is 35.5. The molecule has 1 aliphatic rings. The van der Waals surface area contributed by atoms with Crippen LogP contribution >= 0.6 is 23.2 Å². The summed E-state index contributed by atoms with van der Waals surface area (Å²) in [6.45, 7) is 6.32. The molecule has 1 N–H and O–H groups in total. The SMILES string of the molecule is CC(C)(C)C1c2c(Cl)nc(-c3ccc(Cl)nc3)nc2CCN1C(=O)O. The van der Waals surface area contributed by atoms with Crippen molar-refractivity contribution >= 4 is 29.3 Å². The molecule has 0 aromatic carbocycles. The normalized spacial score (nSPS) is 17.3. The van der Waals surface area contributed by atoms with Crippen LogP contribution in [0, 0.1) is 5.41 Å². The van der Waals surface area contributed by atoms with Gasteiger partial charge in [0.15, 0.2) is 5.82 Å². The van der Waals surface area contributed by atoms with Gasteiger partial charge < -0.3 is 10.0 Å². The lowest BCUT2D eigenvalue weighted by Gasteiger charge is -2.42. The van der Waals surface area contributed by atoms with Gasteiger partial charge in [-0.3, -0.25) is 0 Å². The monoisotopic (exact) mass is 380 g/mol. The van der Waals surface area contributed by atoms with Crippen molar-refractivity contribution in [2.24, 2.45) is 5.41 Å². The van der Waals surface area contributed by atoms with Gasteiger partial charge in [-0.1, -0.05) is 44.0 Å². The first kappa shape index (κ1) is 17.9. The lowest BCUT2D eigenvalue weighted by atomic mass is 9.79. The third-order valence-corrected chi connectivity index (χ3v) is 4.72. The van der Waals surface area contributed by atoms with Gasteiger partial charge in [-0.2, -0.15) is 0 Å². The molecule has 132 valence electrons. The molecule has 3 rings (SSSR count). The fraction of sp³-hybridized carbons (Fsp3) is 0.412. The molecule has 1 aliphatic heterocycles. The Bertz CT molecular complexity index is 819. The summed E-state index contributed by atoms with van der Waals surface area (Å²) in [5.41, 5.74) is 1.84. The van der Waals surface area contributed by atoms with Crippen molar-refractivity contribution in [3.63, 3.8) is 0 Å². The Morgan fingerprint density at radius 1 is 1.28 bits per heavy atom. The van der Waals surface area contributed by atoms with E-state index in [1.807, 2.05) is 20.8 Å². The van der Waals surface area contributed by atoms with Crippen molar-refractivity contribution < 1.29 is 9.90 Å². The van der Waals surface area contributed by atoms with Crippen molar-refractivity contribution in [1.29, 1.82) is 0 Å². The van der Waals surface area contributed by atoms with E-state index in [0.29, 0.717) is 35.1 Å². The maximum absolute atomic E-state index is 11.7. The molecule has 8 heteroatoms. The predicted octanol–water partition coefficient (Wildman–Crippen LogP) is 4.47. The lowest BCUT2D eigenvalue weighted by Crippen LogP contribution is -2.45. The first-order valence-corrected chi connectivity index (χ1v) is 8.62. The van der Waals surface area contributed by atoms with Gasteiger partial charge in [0, 0.05) is 30.3 Å². The quantitative estimate of drug-likeness (QED) is 0.583. The second-order valence-corrected chi connectivity index (χ2v) is 7.81. The number of pyridine rings is 1. The Morgan fingerprint density at radius 3 is 2.56 bits per heavy atom. The molecular formula is C17H18Cl2N4O2. The topological polar surface area (TPSA) is 79.2 Å². The summed E-state index contributed by atoms with van der Waals surface area (Å²) in [7, 11) is 0. The van der Waals surface area contributed by atoms with Crippen LogP contribution in [0.25, 0.3) is 11.4 Å². The maximum Gasteiger partial charge on any atom is 0.407 e. The summed E-state index contributed by atoms with van der Waals surface area (Å²) < 4.78 is 0. The van der Waals surface area contributed by atoms with Crippen LogP contribution in [0.3, 0.4) is 0 Å². The molecule has 6 nitrogen and oxygen atoms in total. The number of rotatable bonds is 1. The first-order chi connectivity index (χ1) is 11.7. The summed E-state index contributed by atoms with van der Waals surface area (Å²) in [6.07, 6.45) is 1.12. The molecule has 0 saturated heterocycles. The number of carboxylic acid groups (broad SMARTS) is 1. The molecule has 0 fully saturated rings. The summed E-state index contributed by atoms with van der Waals surface area (Å²) in [6, 6.07) is 3.04. The van der Waals surface area contributed by atoms with Crippen LogP contribution in [0.15, 0.2) is 18.3 Å². The van der Waals surface area contributed by atoms with Gasteiger partial charge in [0.1, 0.15) is 10.3 Å². The van der Waals surface area contributed by atoms with Crippen molar-refractivity contribution in [3.05, 3.63) is 39.9 Å². The number of carbonyl (C=O) groups is 1. The van der Waals surface area contributed by atoms with E-state index in [9.17, 15) is 9.90 Å². The highest BCUT2D eigenvalue weighted by molar-refractivity contribution is 6.30. The van der Waals surface area contributed by atoms with Gasteiger partial charge in [-0.05, 0) is 17.5 Å². The minimum atomic E-state index is -0.965. The van der Waals surface area contributed by atoms with E-state index in [-0.39, 0.29) is 10.6 Å². The van der Waals surface area contributed by atoms with E-state index in [4.69, 9.17) is 23.2 Å². The second-order valence-electron chi connectivity index (χ2n) is 7.06. The maximum atomic E-state index is 11.7. The molecule has 1 atom stereocenters. The van der Waals surface area contributed by atoms with Crippen molar-refractivity contribution in [2.45, 2.75) is 33.2 Å². The Kier molecular flexibility index (Phi) is 4.60. The standard InChI is InChI=1S/C17H18Cl2N4O2/c1-17(2,3)13-12-10(6-7-23(13)16(24)25)21-15(22-14(12)19)9-4-5-11(18)20-8-9/h4-5,8,13H,6-7H2,1-3H3,(H,24,25). The molecular weight excluding hydrogens is 363 g/mol.